The monoisotopic (exact) mass is 471 g/mol. The van der Waals surface area contributed by atoms with Crippen molar-refractivity contribution in [1.29, 1.82) is 0 Å². The number of benzene rings is 1. The highest BCUT2D eigenvalue weighted by Crippen LogP contribution is 2.41. The summed E-state index contributed by atoms with van der Waals surface area (Å²) in [5.41, 5.74) is 2.17. The van der Waals surface area contributed by atoms with Crippen molar-refractivity contribution in [2.45, 2.75) is 79.6 Å². The van der Waals surface area contributed by atoms with Crippen molar-refractivity contribution in [3.05, 3.63) is 58.9 Å². The van der Waals surface area contributed by atoms with Crippen LogP contribution < -0.4 is 5.32 Å². The van der Waals surface area contributed by atoms with Crippen LogP contribution in [0.1, 0.15) is 67.0 Å². The number of amides is 1. The molecule has 1 amide bonds. The van der Waals surface area contributed by atoms with Gasteiger partial charge in [-0.3, -0.25) is 4.79 Å². The number of carbonyl (C=O) groups is 2. The van der Waals surface area contributed by atoms with Crippen LogP contribution in [0.15, 0.2) is 53.3 Å². The van der Waals surface area contributed by atoms with Gasteiger partial charge >= 0.3 is 6.09 Å². The number of ether oxygens (including phenoxy) is 1. The predicted octanol–water partition coefficient (Wildman–Crippen LogP) is 6.94. The number of carbonyl (C=O) groups excluding carboxylic acids is 2. The second-order valence-electron chi connectivity index (χ2n) is 11.6. The highest BCUT2D eigenvalue weighted by atomic mass is 28.4. The molecule has 0 bridgehead atoms. The number of allylic oxidation sites excluding steroid dienone is 2. The number of rotatable bonds is 6. The Balaban J connectivity index is 2.26. The van der Waals surface area contributed by atoms with Crippen LogP contribution >= 0.6 is 0 Å². The third-order valence-electron chi connectivity index (χ3n) is 6.56. The molecule has 0 unspecified atom stereocenters. The average Bonchev–Trinajstić information content (AvgIpc) is 2.89. The van der Waals surface area contributed by atoms with Gasteiger partial charge in [0.2, 0.25) is 5.78 Å². The molecular weight excluding hydrogens is 430 g/mol. The Labute approximate surface area is 200 Å². The van der Waals surface area contributed by atoms with Crippen molar-refractivity contribution in [2.24, 2.45) is 11.3 Å². The van der Waals surface area contributed by atoms with E-state index in [9.17, 15) is 9.59 Å². The zero-order chi connectivity index (χ0) is 25.2. The molecule has 0 radical (unpaired) electrons. The Hall–Kier alpha value is -2.18. The third kappa shape index (κ3) is 6.90. The molecule has 182 valence electrons. The van der Waals surface area contributed by atoms with E-state index in [1.54, 1.807) is 0 Å². The molecule has 0 spiro atoms. The van der Waals surface area contributed by atoms with Crippen LogP contribution in [0.5, 0.6) is 0 Å². The average molecular weight is 472 g/mol. The van der Waals surface area contributed by atoms with Gasteiger partial charge in [-0.05, 0) is 48.5 Å². The largest absolute Gasteiger partial charge is 0.416 e. The first-order valence-corrected chi connectivity index (χ1v) is 14.6. The Morgan fingerprint density at radius 2 is 1.70 bits per heavy atom. The zero-order valence-corrected chi connectivity index (χ0v) is 23.0. The number of hydrogen-bond donors (Lipinski definition) is 1. The van der Waals surface area contributed by atoms with Crippen LogP contribution in [-0.4, -0.2) is 26.8 Å². The Morgan fingerprint density at radius 3 is 2.21 bits per heavy atom. The third-order valence-corrected chi connectivity index (χ3v) is 11.1. The van der Waals surface area contributed by atoms with E-state index >= 15 is 0 Å². The number of nitrogens with one attached hydrogen (secondary N) is 1. The van der Waals surface area contributed by atoms with E-state index in [2.05, 4.69) is 60.0 Å². The molecule has 1 aromatic carbocycles. The van der Waals surface area contributed by atoms with Gasteiger partial charge in [0.15, 0.2) is 14.1 Å². The molecule has 1 aromatic rings. The summed E-state index contributed by atoms with van der Waals surface area (Å²) < 4.78 is 12.1. The molecule has 6 heteroatoms. The lowest BCUT2D eigenvalue weighted by Crippen LogP contribution is -2.42. The number of Topliss-reactive ketones (excluding diaryl/α,β-unsaturated/α-hetero) is 1. The van der Waals surface area contributed by atoms with Crippen molar-refractivity contribution in [3.8, 4) is 0 Å². The van der Waals surface area contributed by atoms with Crippen molar-refractivity contribution >= 4 is 20.2 Å². The molecule has 1 aliphatic carbocycles. The first-order valence-electron chi connectivity index (χ1n) is 11.7. The summed E-state index contributed by atoms with van der Waals surface area (Å²) >= 11 is 0. The maximum Gasteiger partial charge on any atom is 0.413 e. The van der Waals surface area contributed by atoms with Gasteiger partial charge in [-0.2, -0.15) is 0 Å². The summed E-state index contributed by atoms with van der Waals surface area (Å²) in [4.78, 5) is 26.0. The van der Waals surface area contributed by atoms with Crippen molar-refractivity contribution < 1.29 is 18.8 Å². The summed E-state index contributed by atoms with van der Waals surface area (Å²) in [5, 5.41) is 2.89. The Morgan fingerprint density at radius 1 is 1.12 bits per heavy atom. The van der Waals surface area contributed by atoms with Gasteiger partial charge in [0.05, 0.1) is 6.04 Å². The summed E-state index contributed by atoms with van der Waals surface area (Å²) in [5.74, 6) is -0.332. The Kier molecular flexibility index (Phi) is 8.18. The highest BCUT2D eigenvalue weighted by molar-refractivity contribution is 6.74. The number of hydrogen-bond acceptors (Lipinski definition) is 4. The van der Waals surface area contributed by atoms with Crippen molar-refractivity contribution in [1.82, 2.24) is 5.32 Å². The van der Waals surface area contributed by atoms with E-state index in [0.717, 1.165) is 11.1 Å². The molecule has 33 heavy (non-hydrogen) atoms. The normalized spacial score (nSPS) is 19.8. The van der Waals surface area contributed by atoms with Gasteiger partial charge in [0.1, 0.15) is 0 Å². The van der Waals surface area contributed by atoms with E-state index in [1.807, 2.05) is 50.3 Å². The molecule has 0 aromatic heterocycles. The fourth-order valence-corrected chi connectivity index (χ4v) is 4.48. The minimum atomic E-state index is -2.01. The van der Waals surface area contributed by atoms with Crippen LogP contribution in [0.3, 0.4) is 0 Å². The van der Waals surface area contributed by atoms with Crippen molar-refractivity contribution in [2.75, 3.05) is 6.61 Å². The molecule has 2 atom stereocenters. The fraction of sp³-hybridized carbons (Fsp3) is 0.556. The first kappa shape index (κ1) is 27.1. The molecule has 0 saturated carbocycles. The minimum Gasteiger partial charge on any atom is -0.416 e. The zero-order valence-electron chi connectivity index (χ0n) is 22.0. The SMILES string of the molecule is CC1=C(OC(=O)N[C@@H](C)c2ccccc2)C(=O)/C(=C\C(C)(C)C)[C@@H]1CO[Si](C)(C)C(C)(C)C. The van der Waals surface area contributed by atoms with Crippen LogP contribution in [0, 0.1) is 11.3 Å². The van der Waals surface area contributed by atoms with E-state index < -0.39 is 14.4 Å². The van der Waals surface area contributed by atoms with Gasteiger partial charge in [0.25, 0.3) is 0 Å². The van der Waals surface area contributed by atoms with E-state index in [1.165, 1.54) is 0 Å². The molecule has 0 saturated heterocycles. The summed E-state index contributed by atoms with van der Waals surface area (Å²) in [6.07, 6.45) is 1.36. The van der Waals surface area contributed by atoms with Gasteiger partial charge < -0.3 is 14.5 Å². The van der Waals surface area contributed by atoms with Crippen LogP contribution in [0.25, 0.3) is 0 Å². The maximum absolute atomic E-state index is 13.3. The molecule has 0 heterocycles. The quantitative estimate of drug-likeness (QED) is 0.360. The van der Waals surface area contributed by atoms with Crippen molar-refractivity contribution in [3.63, 3.8) is 0 Å². The molecular formula is C27H41NO4Si. The second kappa shape index (κ2) is 9.98. The van der Waals surface area contributed by atoms with Gasteiger partial charge in [-0.15, -0.1) is 0 Å². The molecule has 2 rings (SSSR count). The van der Waals surface area contributed by atoms with Gasteiger partial charge in [-0.25, -0.2) is 4.79 Å². The lowest BCUT2D eigenvalue weighted by molar-refractivity contribution is -0.114. The fourth-order valence-electron chi connectivity index (χ4n) is 3.47. The molecule has 0 aliphatic heterocycles. The maximum atomic E-state index is 13.3. The molecule has 0 fully saturated rings. The van der Waals surface area contributed by atoms with E-state index in [-0.39, 0.29) is 34.0 Å². The summed E-state index contributed by atoms with van der Waals surface area (Å²) in [6.45, 7) is 21.3. The van der Waals surface area contributed by atoms with E-state index in [4.69, 9.17) is 9.16 Å². The van der Waals surface area contributed by atoms with Gasteiger partial charge in [-0.1, -0.05) is 78.0 Å². The lowest BCUT2D eigenvalue weighted by Gasteiger charge is -2.37. The predicted molar refractivity (Wildman–Crippen MR) is 136 cm³/mol. The second-order valence-corrected chi connectivity index (χ2v) is 16.4. The summed E-state index contributed by atoms with van der Waals surface area (Å²) in [7, 11) is -2.01. The number of ketones is 1. The van der Waals surface area contributed by atoms with E-state index in [0.29, 0.717) is 12.2 Å². The number of alkyl carbamates (subject to hydrolysis) is 1. The smallest absolute Gasteiger partial charge is 0.413 e. The molecule has 1 aliphatic rings. The summed E-state index contributed by atoms with van der Waals surface area (Å²) in [6, 6.07) is 9.40. The van der Waals surface area contributed by atoms with Crippen LogP contribution in [0.4, 0.5) is 4.79 Å². The highest BCUT2D eigenvalue weighted by Gasteiger charge is 2.42. The first-order chi connectivity index (χ1) is 15.0. The molecule has 5 nitrogen and oxygen atoms in total. The van der Waals surface area contributed by atoms with Gasteiger partial charge in [0, 0.05) is 18.1 Å². The molecule has 1 N–H and O–H groups in total. The van der Waals surface area contributed by atoms with Crippen LogP contribution in [0.2, 0.25) is 18.1 Å². The Bertz CT molecular complexity index is 933. The lowest BCUT2D eigenvalue weighted by atomic mass is 9.88. The standard InChI is InChI=1S/C27H41NO4Si/c1-18-22(17-31-33(9,10)27(6,7)8)21(16-26(3,4)5)23(29)24(18)32-25(30)28-19(2)20-14-12-11-13-15-20/h11-16,19,22H,17H2,1-10H3,(H,28,30)/b21-16-/t19-,22+/m0/s1. The minimum absolute atomic E-state index is 0.0634. The topological polar surface area (TPSA) is 64.6 Å². The van der Waals surface area contributed by atoms with Crippen LogP contribution in [-0.2, 0) is 14.0 Å².